The molecular formula is C30H48O2. The number of aliphatic hydroxyl groups is 1. The summed E-state index contributed by atoms with van der Waals surface area (Å²) < 4.78 is 0. The van der Waals surface area contributed by atoms with E-state index in [0.717, 1.165) is 25.2 Å². The van der Waals surface area contributed by atoms with E-state index in [0.29, 0.717) is 51.8 Å². The van der Waals surface area contributed by atoms with Gasteiger partial charge < -0.3 is 5.11 Å². The zero-order valence-electron chi connectivity index (χ0n) is 21.7. The van der Waals surface area contributed by atoms with Crippen LogP contribution in [0.5, 0.6) is 0 Å². The van der Waals surface area contributed by atoms with Crippen molar-refractivity contribution in [1.82, 2.24) is 0 Å². The lowest BCUT2D eigenvalue weighted by Gasteiger charge is -2.62. The molecule has 2 spiro atoms. The normalized spacial score (nSPS) is 49.3. The molecule has 0 aliphatic heterocycles. The molecule has 180 valence electrons. The highest BCUT2D eigenvalue weighted by molar-refractivity contribution is 5.86. The van der Waals surface area contributed by atoms with Crippen molar-refractivity contribution in [3.63, 3.8) is 0 Å². The molecule has 0 saturated heterocycles. The van der Waals surface area contributed by atoms with Crippen LogP contribution in [-0.2, 0) is 4.79 Å². The van der Waals surface area contributed by atoms with Gasteiger partial charge in [-0.25, -0.2) is 0 Å². The standard InChI is InChI=1S/C30H48O2/c1-20(2)8-7-9-21(18-31)22-12-14-28(6)24-11-10-23-26(3,4)25(32)13-15-29(23)19-30(24,29)17-16-27(22,28)5/h8,21-24,31H,7,9-19H2,1-6H3/t21-,22+,23-,24-,27+,28-,29+,30-/m0/s1. The van der Waals surface area contributed by atoms with E-state index in [1.807, 2.05) is 0 Å². The molecule has 32 heavy (non-hydrogen) atoms. The third-order valence-corrected chi connectivity index (χ3v) is 12.8. The van der Waals surface area contributed by atoms with Gasteiger partial charge in [-0.05, 0) is 123 Å². The van der Waals surface area contributed by atoms with Crippen molar-refractivity contribution in [3.05, 3.63) is 11.6 Å². The fourth-order valence-electron chi connectivity index (χ4n) is 11.0. The van der Waals surface area contributed by atoms with Crippen LogP contribution < -0.4 is 0 Å². The highest BCUT2D eigenvalue weighted by atomic mass is 16.3. The second-order valence-electron chi connectivity index (χ2n) is 14.1. The fraction of sp³-hybridized carbons (Fsp3) is 0.900. The Kier molecular flexibility index (Phi) is 5.20. The summed E-state index contributed by atoms with van der Waals surface area (Å²) in [5.74, 6) is 3.09. The number of allylic oxidation sites excluding steroid dienone is 2. The predicted octanol–water partition coefficient (Wildman–Crippen LogP) is 7.35. The summed E-state index contributed by atoms with van der Waals surface area (Å²) in [6.07, 6.45) is 16.0. The topological polar surface area (TPSA) is 37.3 Å². The van der Waals surface area contributed by atoms with Crippen LogP contribution in [0.1, 0.15) is 112 Å². The molecule has 5 aliphatic carbocycles. The van der Waals surface area contributed by atoms with Crippen LogP contribution in [0.15, 0.2) is 11.6 Å². The SMILES string of the molecule is CC(C)=CCC[C@@H](CO)[C@H]1CC[C@@]2(C)[C@@H]3CC[C@H]4C(C)(C)C(=O)CC[C@@]45C[C@@]35CC[C@]12C. The number of hydrogen-bond donors (Lipinski definition) is 1. The van der Waals surface area contributed by atoms with Gasteiger partial charge in [-0.1, -0.05) is 39.3 Å². The minimum absolute atomic E-state index is 0.112. The quantitative estimate of drug-likeness (QED) is 0.454. The molecule has 2 heteroatoms. The summed E-state index contributed by atoms with van der Waals surface area (Å²) in [6, 6.07) is 0. The van der Waals surface area contributed by atoms with Crippen LogP contribution in [0.25, 0.3) is 0 Å². The minimum atomic E-state index is -0.112. The summed E-state index contributed by atoms with van der Waals surface area (Å²) in [5, 5.41) is 10.4. The number of carbonyl (C=O) groups is 1. The lowest BCUT2D eigenvalue weighted by molar-refractivity contribution is -0.157. The molecule has 0 aromatic heterocycles. The molecule has 5 fully saturated rings. The van der Waals surface area contributed by atoms with Crippen molar-refractivity contribution in [2.24, 2.45) is 50.7 Å². The van der Waals surface area contributed by atoms with E-state index < -0.39 is 0 Å². The molecule has 0 aromatic carbocycles. The van der Waals surface area contributed by atoms with Gasteiger partial charge in [0, 0.05) is 18.4 Å². The van der Waals surface area contributed by atoms with Crippen LogP contribution in [0.4, 0.5) is 0 Å². The zero-order valence-corrected chi connectivity index (χ0v) is 21.7. The monoisotopic (exact) mass is 440 g/mol. The molecular weight excluding hydrogens is 392 g/mol. The van der Waals surface area contributed by atoms with Gasteiger partial charge in [0.15, 0.2) is 0 Å². The van der Waals surface area contributed by atoms with Gasteiger partial charge in [0.05, 0.1) is 0 Å². The van der Waals surface area contributed by atoms with E-state index in [1.54, 1.807) is 0 Å². The zero-order chi connectivity index (χ0) is 23.2. The van der Waals surface area contributed by atoms with E-state index in [2.05, 4.69) is 47.6 Å². The molecule has 0 heterocycles. The van der Waals surface area contributed by atoms with Gasteiger partial charge in [-0.3, -0.25) is 4.79 Å². The first-order valence-electron chi connectivity index (χ1n) is 13.8. The van der Waals surface area contributed by atoms with Gasteiger partial charge in [0.2, 0.25) is 0 Å². The molecule has 0 radical (unpaired) electrons. The highest BCUT2D eigenvalue weighted by Gasteiger charge is 2.82. The van der Waals surface area contributed by atoms with Crippen molar-refractivity contribution in [3.8, 4) is 0 Å². The predicted molar refractivity (Wildman–Crippen MR) is 131 cm³/mol. The first-order chi connectivity index (χ1) is 15.0. The summed E-state index contributed by atoms with van der Waals surface area (Å²) in [5.41, 5.74) is 3.04. The Bertz CT molecular complexity index is 821. The van der Waals surface area contributed by atoms with E-state index in [1.165, 1.54) is 56.9 Å². The van der Waals surface area contributed by atoms with Crippen molar-refractivity contribution in [1.29, 1.82) is 0 Å². The number of Topliss-reactive ketones (excluding diaryl/α,β-unsaturated/α-hetero) is 1. The highest BCUT2D eigenvalue weighted by Crippen LogP contribution is 2.88. The Morgan fingerprint density at radius 3 is 2.34 bits per heavy atom. The second-order valence-corrected chi connectivity index (χ2v) is 14.1. The molecule has 5 saturated carbocycles. The average Bonchev–Trinajstić information content (AvgIpc) is 3.32. The molecule has 0 aromatic rings. The van der Waals surface area contributed by atoms with Crippen LogP contribution >= 0.6 is 0 Å². The summed E-state index contributed by atoms with van der Waals surface area (Å²) >= 11 is 0. The van der Waals surface area contributed by atoms with Crippen molar-refractivity contribution in [2.75, 3.05) is 6.61 Å². The van der Waals surface area contributed by atoms with Crippen LogP contribution in [0.3, 0.4) is 0 Å². The van der Waals surface area contributed by atoms with E-state index in [-0.39, 0.29) is 5.41 Å². The molecule has 0 amide bonds. The van der Waals surface area contributed by atoms with E-state index in [9.17, 15) is 9.90 Å². The molecule has 0 bridgehead atoms. The number of carbonyl (C=O) groups excluding carboxylic acids is 1. The van der Waals surface area contributed by atoms with Crippen LogP contribution in [0, 0.1) is 50.7 Å². The molecule has 1 N–H and O–H groups in total. The Morgan fingerprint density at radius 1 is 0.969 bits per heavy atom. The third kappa shape index (κ3) is 2.71. The molecule has 2 nitrogen and oxygen atoms in total. The second kappa shape index (κ2) is 7.19. The molecule has 5 rings (SSSR count). The van der Waals surface area contributed by atoms with Gasteiger partial charge in [-0.15, -0.1) is 0 Å². The maximum atomic E-state index is 12.8. The number of hydrogen-bond acceptors (Lipinski definition) is 2. The maximum Gasteiger partial charge on any atom is 0.138 e. The largest absolute Gasteiger partial charge is 0.396 e. The first-order valence-corrected chi connectivity index (χ1v) is 13.8. The van der Waals surface area contributed by atoms with Crippen molar-refractivity contribution >= 4 is 5.78 Å². The average molecular weight is 441 g/mol. The molecule has 5 aliphatic rings. The number of rotatable bonds is 5. The van der Waals surface area contributed by atoms with Crippen LogP contribution in [0.2, 0.25) is 0 Å². The lowest BCUT2D eigenvalue weighted by atomic mass is 9.42. The first kappa shape index (κ1) is 23.1. The molecule has 8 atom stereocenters. The lowest BCUT2D eigenvalue weighted by Crippen LogP contribution is -2.57. The Labute approximate surface area is 197 Å². The molecule has 0 unspecified atom stereocenters. The third-order valence-electron chi connectivity index (χ3n) is 12.8. The Hall–Kier alpha value is -0.630. The van der Waals surface area contributed by atoms with Gasteiger partial charge in [0.25, 0.3) is 0 Å². The van der Waals surface area contributed by atoms with Gasteiger partial charge >= 0.3 is 0 Å². The fourth-order valence-corrected chi connectivity index (χ4v) is 11.0. The van der Waals surface area contributed by atoms with E-state index >= 15 is 0 Å². The number of fused-ring (bicyclic) bond motifs is 2. The van der Waals surface area contributed by atoms with E-state index in [4.69, 9.17) is 0 Å². The number of aliphatic hydroxyl groups excluding tert-OH is 1. The Morgan fingerprint density at radius 2 is 1.66 bits per heavy atom. The summed E-state index contributed by atoms with van der Waals surface area (Å²) in [6.45, 7) is 14.5. The maximum absolute atomic E-state index is 12.8. The summed E-state index contributed by atoms with van der Waals surface area (Å²) in [4.78, 5) is 12.8. The van der Waals surface area contributed by atoms with Crippen molar-refractivity contribution in [2.45, 2.75) is 112 Å². The van der Waals surface area contributed by atoms with Crippen molar-refractivity contribution < 1.29 is 9.90 Å². The van der Waals surface area contributed by atoms with Crippen LogP contribution in [-0.4, -0.2) is 17.5 Å². The smallest absolute Gasteiger partial charge is 0.138 e. The minimum Gasteiger partial charge on any atom is -0.396 e. The van der Waals surface area contributed by atoms with Gasteiger partial charge in [-0.2, -0.15) is 0 Å². The number of ketones is 1. The Balaban J connectivity index is 1.42. The van der Waals surface area contributed by atoms with Gasteiger partial charge in [0.1, 0.15) is 5.78 Å². The summed E-state index contributed by atoms with van der Waals surface area (Å²) in [7, 11) is 0.